The lowest BCUT2D eigenvalue weighted by Crippen LogP contribution is -2.40. The number of hydrogen-bond acceptors (Lipinski definition) is 6. The zero-order valence-electron chi connectivity index (χ0n) is 22.4. The standard InChI is InChI=1S/C18H30O3S.C9H21NO3/c1-2-3-4-5-6-7-8-9-10-11-14-17-15-12-13-16-18(17)22(19,20)21;1-7(11)4-10(5-8(2)12)6-9(3)13/h12-13,15-16H,2-11,14H2,1H3,(H,19,20,21);7-9,11-13H,4-6H2,1-3H3. The molecule has 0 aromatic heterocycles. The normalized spacial score (nSPS) is 14.3. The summed E-state index contributed by atoms with van der Waals surface area (Å²) in [6.07, 6.45) is 12.0. The summed E-state index contributed by atoms with van der Waals surface area (Å²) in [5.74, 6) is 0. The first-order chi connectivity index (χ1) is 16.5. The van der Waals surface area contributed by atoms with Gasteiger partial charge >= 0.3 is 0 Å². The molecule has 0 aliphatic heterocycles. The lowest BCUT2D eigenvalue weighted by molar-refractivity contribution is 0.0530. The van der Waals surface area contributed by atoms with E-state index in [2.05, 4.69) is 6.92 Å². The Bertz CT molecular complexity index is 713. The number of hydrogen-bond donors (Lipinski definition) is 4. The molecule has 0 radical (unpaired) electrons. The minimum atomic E-state index is -4.10. The Labute approximate surface area is 214 Å². The molecule has 0 aliphatic carbocycles. The van der Waals surface area contributed by atoms with E-state index in [1.54, 1.807) is 32.9 Å². The first kappa shape index (κ1) is 34.0. The maximum absolute atomic E-state index is 11.3. The third kappa shape index (κ3) is 19.8. The minimum Gasteiger partial charge on any atom is -0.392 e. The fraction of sp³-hybridized carbons (Fsp3) is 0.778. The maximum Gasteiger partial charge on any atom is 0.294 e. The number of nitrogens with zero attached hydrogens (tertiary/aromatic N) is 1. The van der Waals surface area contributed by atoms with Crippen molar-refractivity contribution in [3.8, 4) is 0 Å². The molecule has 35 heavy (non-hydrogen) atoms. The van der Waals surface area contributed by atoms with Gasteiger partial charge in [0.2, 0.25) is 0 Å². The molecule has 0 saturated carbocycles. The van der Waals surface area contributed by atoms with Crippen molar-refractivity contribution in [1.82, 2.24) is 4.90 Å². The number of rotatable bonds is 18. The van der Waals surface area contributed by atoms with E-state index in [0.717, 1.165) is 18.4 Å². The predicted octanol–water partition coefficient (Wildman–Crippen LogP) is 4.83. The third-order valence-corrected chi connectivity index (χ3v) is 6.57. The van der Waals surface area contributed by atoms with Crippen LogP contribution in [0.2, 0.25) is 0 Å². The van der Waals surface area contributed by atoms with Gasteiger partial charge in [-0.1, -0.05) is 82.9 Å². The van der Waals surface area contributed by atoms with E-state index in [4.69, 9.17) is 15.3 Å². The van der Waals surface area contributed by atoms with Crippen LogP contribution in [0.15, 0.2) is 29.2 Å². The monoisotopic (exact) mass is 517 g/mol. The third-order valence-electron chi connectivity index (χ3n) is 5.62. The van der Waals surface area contributed by atoms with Crippen LogP contribution in [0, 0.1) is 0 Å². The molecule has 3 unspecified atom stereocenters. The van der Waals surface area contributed by atoms with Crippen LogP contribution in [-0.4, -0.2) is 71.1 Å². The molecule has 0 bridgehead atoms. The molecular weight excluding hydrogens is 466 g/mol. The molecule has 0 heterocycles. The highest BCUT2D eigenvalue weighted by Crippen LogP contribution is 2.18. The number of aliphatic hydroxyl groups is 3. The Morgan fingerprint density at radius 2 is 1.11 bits per heavy atom. The van der Waals surface area contributed by atoms with Gasteiger partial charge in [-0.3, -0.25) is 9.45 Å². The first-order valence-electron chi connectivity index (χ1n) is 13.3. The van der Waals surface area contributed by atoms with Crippen molar-refractivity contribution in [2.45, 2.75) is 122 Å². The lowest BCUT2D eigenvalue weighted by atomic mass is 10.0. The summed E-state index contributed by atoms with van der Waals surface area (Å²) in [6.45, 7) is 8.76. The number of benzene rings is 1. The van der Waals surface area contributed by atoms with Gasteiger partial charge in [0.05, 0.1) is 23.2 Å². The molecule has 0 aliphatic rings. The number of aliphatic hydroxyl groups excluding tert-OH is 3. The molecule has 1 aromatic carbocycles. The maximum atomic E-state index is 11.3. The van der Waals surface area contributed by atoms with Gasteiger partial charge in [-0.2, -0.15) is 8.42 Å². The van der Waals surface area contributed by atoms with Crippen molar-refractivity contribution in [2.24, 2.45) is 0 Å². The zero-order valence-corrected chi connectivity index (χ0v) is 23.2. The lowest BCUT2D eigenvalue weighted by Gasteiger charge is -2.25. The van der Waals surface area contributed by atoms with Crippen molar-refractivity contribution in [1.29, 1.82) is 0 Å². The molecule has 7 nitrogen and oxygen atoms in total. The van der Waals surface area contributed by atoms with Crippen LogP contribution in [-0.2, 0) is 16.5 Å². The van der Waals surface area contributed by atoms with Gasteiger partial charge < -0.3 is 15.3 Å². The van der Waals surface area contributed by atoms with E-state index < -0.39 is 28.4 Å². The second kappa shape index (κ2) is 20.1. The Balaban J connectivity index is 0.000000761. The largest absolute Gasteiger partial charge is 0.392 e. The zero-order chi connectivity index (χ0) is 26.7. The van der Waals surface area contributed by atoms with Crippen LogP contribution in [0.3, 0.4) is 0 Å². The highest BCUT2D eigenvalue weighted by Gasteiger charge is 2.14. The van der Waals surface area contributed by atoms with Crippen molar-refractivity contribution in [3.63, 3.8) is 0 Å². The molecule has 206 valence electrons. The molecule has 8 heteroatoms. The number of aryl methyl sites for hydroxylation is 1. The van der Waals surface area contributed by atoms with Crippen molar-refractivity contribution < 1.29 is 28.3 Å². The first-order valence-corrected chi connectivity index (χ1v) is 14.7. The van der Waals surface area contributed by atoms with Gasteiger partial charge in [-0.25, -0.2) is 0 Å². The molecule has 0 saturated heterocycles. The predicted molar refractivity (Wildman–Crippen MR) is 143 cm³/mol. The van der Waals surface area contributed by atoms with Crippen LogP contribution in [0.25, 0.3) is 0 Å². The van der Waals surface area contributed by atoms with Gasteiger partial charge in [-0.05, 0) is 45.2 Å². The Morgan fingerprint density at radius 3 is 1.51 bits per heavy atom. The molecule has 0 spiro atoms. The molecule has 1 aromatic rings. The van der Waals surface area contributed by atoms with E-state index in [9.17, 15) is 13.0 Å². The average Bonchev–Trinajstić information content (AvgIpc) is 2.73. The Morgan fingerprint density at radius 1 is 0.714 bits per heavy atom. The van der Waals surface area contributed by atoms with Crippen molar-refractivity contribution >= 4 is 10.1 Å². The van der Waals surface area contributed by atoms with Crippen LogP contribution in [0.1, 0.15) is 97.5 Å². The molecule has 4 N–H and O–H groups in total. The smallest absolute Gasteiger partial charge is 0.294 e. The average molecular weight is 518 g/mol. The van der Waals surface area contributed by atoms with Crippen LogP contribution in [0.5, 0.6) is 0 Å². The van der Waals surface area contributed by atoms with Crippen LogP contribution >= 0.6 is 0 Å². The van der Waals surface area contributed by atoms with E-state index >= 15 is 0 Å². The van der Waals surface area contributed by atoms with Gasteiger partial charge in [0.15, 0.2) is 0 Å². The summed E-state index contributed by atoms with van der Waals surface area (Å²) in [4.78, 5) is 1.91. The quantitative estimate of drug-likeness (QED) is 0.163. The van der Waals surface area contributed by atoms with Crippen molar-refractivity contribution in [2.75, 3.05) is 19.6 Å². The fourth-order valence-corrected chi connectivity index (χ4v) is 4.86. The number of unbranched alkanes of at least 4 members (excludes halogenated alkanes) is 9. The molecule has 1 rings (SSSR count). The molecular formula is C27H51NO6S. The fourth-order valence-electron chi connectivity index (χ4n) is 4.11. The Hall–Kier alpha value is -1.03. The molecule has 3 atom stereocenters. The second-order valence-corrected chi connectivity index (χ2v) is 11.2. The molecule has 0 amide bonds. The highest BCUT2D eigenvalue weighted by atomic mass is 32.2. The summed E-state index contributed by atoms with van der Waals surface area (Å²) in [7, 11) is -4.10. The second-order valence-electron chi connectivity index (χ2n) is 9.78. The van der Waals surface area contributed by atoms with Gasteiger partial charge in [0, 0.05) is 19.6 Å². The topological polar surface area (TPSA) is 118 Å². The Kier molecular flexibility index (Phi) is 19.5. The van der Waals surface area contributed by atoms with Gasteiger partial charge in [0.1, 0.15) is 0 Å². The van der Waals surface area contributed by atoms with Gasteiger partial charge in [-0.15, -0.1) is 0 Å². The van der Waals surface area contributed by atoms with Crippen LogP contribution in [0.4, 0.5) is 0 Å². The van der Waals surface area contributed by atoms with Crippen molar-refractivity contribution in [3.05, 3.63) is 29.8 Å². The summed E-state index contributed by atoms with van der Waals surface area (Å²) in [5.41, 5.74) is 0.726. The van der Waals surface area contributed by atoms with E-state index in [1.807, 2.05) is 11.0 Å². The summed E-state index contributed by atoms with van der Waals surface area (Å²) in [5, 5.41) is 27.4. The van der Waals surface area contributed by atoms with Crippen LogP contribution < -0.4 is 0 Å². The summed E-state index contributed by atoms with van der Waals surface area (Å²) < 4.78 is 31.8. The van der Waals surface area contributed by atoms with E-state index in [1.165, 1.54) is 57.4 Å². The van der Waals surface area contributed by atoms with Gasteiger partial charge in [0.25, 0.3) is 10.1 Å². The van der Waals surface area contributed by atoms with E-state index in [0.29, 0.717) is 26.1 Å². The molecule has 0 fully saturated rings. The highest BCUT2D eigenvalue weighted by molar-refractivity contribution is 7.85. The SMILES string of the molecule is CC(O)CN(CC(C)O)CC(C)O.CCCCCCCCCCCCc1ccccc1S(=O)(=O)O. The summed E-state index contributed by atoms with van der Waals surface area (Å²) in [6, 6.07) is 6.73. The minimum absolute atomic E-state index is 0.0610. The summed E-state index contributed by atoms with van der Waals surface area (Å²) >= 11 is 0. The van der Waals surface area contributed by atoms with E-state index in [-0.39, 0.29) is 4.90 Å².